The summed E-state index contributed by atoms with van der Waals surface area (Å²) in [4.78, 5) is 7.89. The summed E-state index contributed by atoms with van der Waals surface area (Å²) >= 11 is 0. The van der Waals surface area contributed by atoms with Crippen molar-refractivity contribution in [2.24, 2.45) is 0 Å². The number of unbranched alkanes of at least 4 members (excludes halogenated alkanes) is 1. The van der Waals surface area contributed by atoms with E-state index >= 15 is 0 Å². The highest BCUT2D eigenvalue weighted by Crippen LogP contribution is 2.07. The summed E-state index contributed by atoms with van der Waals surface area (Å²) in [6.07, 6.45) is 5.48. The van der Waals surface area contributed by atoms with E-state index in [2.05, 4.69) is 27.5 Å². The Kier molecular flexibility index (Phi) is 4.21. The van der Waals surface area contributed by atoms with Gasteiger partial charge in [0.05, 0.1) is 0 Å². The third kappa shape index (κ3) is 3.27. The van der Waals surface area contributed by atoms with Gasteiger partial charge in [-0.25, -0.2) is 9.97 Å². The van der Waals surface area contributed by atoms with Crippen LogP contribution < -0.4 is 10.6 Å². The van der Waals surface area contributed by atoms with Crippen molar-refractivity contribution in [3.05, 3.63) is 12.4 Å². The molecular weight excluding hydrogens is 178 g/mol. The van der Waals surface area contributed by atoms with Gasteiger partial charge >= 0.3 is 0 Å². The second kappa shape index (κ2) is 5.75. The Morgan fingerprint density at radius 1 is 1.43 bits per heavy atom. The van der Waals surface area contributed by atoms with E-state index in [4.69, 9.17) is 5.26 Å². The predicted octanol–water partition coefficient (Wildman–Crippen LogP) is 1.58. The van der Waals surface area contributed by atoms with Gasteiger partial charge < -0.3 is 5.32 Å². The molecule has 0 aromatic carbocycles. The molecule has 0 atom stereocenters. The highest BCUT2D eigenvalue weighted by Gasteiger charge is 1.96. The van der Waals surface area contributed by atoms with Crippen LogP contribution in [0.4, 0.5) is 11.6 Å². The van der Waals surface area contributed by atoms with E-state index in [0.717, 1.165) is 25.2 Å². The molecule has 0 saturated heterocycles. The molecule has 0 bridgehead atoms. The first-order valence-corrected chi connectivity index (χ1v) is 4.58. The lowest BCUT2D eigenvalue weighted by atomic mass is 10.3. The summed E-state index contributed by atoms with van der Waals surface area (Å²) in [6, 6.07) is 1.71. The molecule has 0 saturated carbocycles. The van der Waals surface area contributed by atoms with Crippen LogP contribution in [-0.2, 0) is 0 Å². The van der Waals surface area contributed by atoms with Gasteiger partial charge in [-0.1, -0.05) is 13.3 Å². The number of rotatable bonds is 5. The Bertz CT molecular complexity index is 317. The number of nitriles is 1. The van der Waals surface area contributed by atoms with Crippen molar-refractivity contribution in [1.29, 1.82) is 5.26 Å². The van der Waals surface area contributed by atoms with Crippen LogP contribution in [0.5, 0.6) is 0 Å². The number of aromatic nitrogens is 2. The smallest absolute Gasteiger partial charge is 0.182 e. The summed E-state index contributed by atoms with van der Waals surface area (Å²) < 4.78 is 0. The Balaban J connectivity index is 2.51. The Morgan fingerprint density at radius 2 is 2.21 bits per heavy atom. The van der Waals surface area contributed by atoms with Gasteiger partial charge in [-0.2, -0.15) is 5.26 Å². The van der Waals surface area contributed by atoms with Crippen LogP contribution in [0.3, 0.4) is 0 Å². The molecule has 1 rings (SSSR count). The van der Waals surface area contributed by atoms with E-state index in [0.29, 0.717) is 5.82 Å². The maximum Gasteiger partial charge on any atom is 0.182 e. The molecule has 0 aliphatic carbocycles. The maximum absolute atomic E-state index is 8.38. The summed E-state index contributed by atoms with van der Waals surface area (Å²) in [6.45, 7) is 3.02. The first-order chi connectivity index (χ1) is 6.86. The summed E-state index contributed by atoms with van der Waals surface area (Å²) in [7, 11) is 0. The van der Waals surface area contributed by atoms with Crippen molar-refractivity contribution >= 4 is 11.6 Å². The van der Waals surface area contributed by atoms with Gasteiger partial charge in [0.1, 0.15) is 18.0 Å². The summed E-state index contributed by atoms with van der Waals surface area (Å²) in [5.74, 6) is 1.26. The third-order valence-corrected chi connectivity index (χ3v) is 1.69. The Labute approximate surface area is 83.2 Å². The third-order valence-electron chi connectivity index (χ3n) is 1.69. The average Bonchev–Trinajstić information content (AvgIpc) is 2.19. The van der Waals surface area contributed by atoms with E-state index in [-0.39, 0.29) is 0 Å². The molecule has 5 nitrogen and oxygen atoms in total. The van der Waals surface area contributed by atoms with E-state index in [1.54, 1.807) is 6.07 Å². The topological polar surface area (TPSA) is 73.6 Å². The molecule has 2 N–H and O–H groups in total. The van der Waals surface area contributed by atoms with Gasteiger partial charge in [0.15, 0.2) is 6.19 Å². The van der Waals surface area contributed by atoms with E-state index in [1.807, 2.05) is 6.19 Å². The highest BCUT2D eigenvalue weighted by atomic mass is 15.1. The summed E-state index contributed by atoms with van der Waals surface area (Å²) in [5, 5.41) is 14.0. The number of hydrogen-bond acceptors (Lipinski definition) is 5. The van der Waals surface area contributed by atoms with E-state index < -0.39 is 0 Å². The second-order valence-corrected chi connectivity index (χ2v) is 2.81. The fraction of sp³-hybridized carbons (Fsp3) is 0.444. The molecule has 0 spiro atoms. The minimum absolute atomic E-state index is 0.515. The molecule has 0 aliphatic rings. The molecule has 1 aromatic rings. The van der Waals surface area contributed by atoms with Crippen LogP contribution in [-0.4, -0.2) is 16.5 Å². The molecule has 14 heavy (non-hydrogen) atoms. The number of hydrogen-bond donors (Lipinski definition) is 2. The zero-order valence-electron chi connectivity index (χ0n) is 8.12. The molecule has 0 amide bonds. The van der Waals surface area contributed by atoms with E-state index in [9.17, 15) is 0 Å². The maximum atomic E-state index is 8.38. The summed E-state index contributed by atoms with van der Waals surface area (Å²) in [5.41, 5.74) is 0. The molecule has 0 radical (unpaired) electrons. The van der Waals surface area contributed by atoms with Crippen LogP contribution >= 0.6 is 0 Å². The molecular formula is C9H13N5. The molecule has 0 unspecified atom stereocenters. The zero-order chi connectivity index (χ0) is 10.2. The number of nitrogens with zero attached hydrogens (tertiary/aromatic N) is 3. The molecule has 0 fully saturated rings. The van der Waals surface area contributed by atoms with Crippen molar-refractivity contribution in [1.82, 2.24) is 9.97 Å². The fourth-order valence-electron chi connectivity index (χ4n) is 0.973. The second-order valence-electron chi connectivity index (χ2n) is 2.81. The minimum Gasteiger partial charge on any atom is -0.370 e. The van der Waals surface area contributed by atoms with E-state index in [1.165, 1.54) is 6.33 Å². The highest BCUT2D eigenvalue weighted by molar-refractivity contribution is 5.48. The van der Waals surface area contributed by atoms with Crippen LogP contribution in [0.15, 0.2) is 12.4 Å². The molecule has 0 aliphatic heterocycles. The van der Waals surface area contributed by atoms with Crippen molar-refractivity contribution in [3.8, 4) is 6.19 Å². The van der Waals surface area contributed by atoms with Gasteiger partial charge in [-0.3, -0.25) is 5.32 Å². The molecule has 74 valence electrons. The predicted molar refractivity (Wildman–Crippen MR) is 54.7 cm³/mol. The minimum atomic E-state index is 0.515. The van der Waals surface area contributed by atoms with Crippen molar-refractivity contribution in [2.75, 3.05) is 17.2 Å². The number of nitrogens with one attached hydrogen (secondary N) is 2. The Morgan fingerprint density at radius 3 is 2.93 bits per heavy atom. The van der Waals surface area contributed by atoms with Gasteiger partial charge in [0.25, 0.3) is 0 Å². The molecule has 1 heterocycles. The van der Waals surface area contributed by atoms with Crippen LogP contribution in [0.25, 0.3) is 0 Å². The van der Waals surface area contributed by atoms with Gasteiger partial charge in [-0.15, -0.1) is 0 Å². The van der Waals surface area contributed by atoms with Crippen LogP contribution in [0.2, 0.25) is 0 Å². The quantitative estimate of drug-likeness (QED) is 0.420. The Hall–Kier alpha value is -1.83. The first-order valence-electron chi connectivity index (χ1n) is 4.58. The SMILES string of the molecule is CCCCNc1cc(NC#N)ncn1. The van der Waals surface area contributed by atoms with Gasteiger partial charge in [-0.05, 0) is 6.42 Å². The van der Waals surface area contributed by atoms with Crippen LogP contribution in [0.1, 0.15) is 19.8 Å². The fourth-order valence-corrected chi connectivity index (χ4v) is 0.973. The first kappa shape index (κ1) is 10.3. The molecule has 1 aromatic heterocycles. The van der Waals surface area contributed by atoms with Crippen molar-refractivity contribution in [2.45, 2.75) is 19.8 Å². The monoisotopic (exact) mass is 191 g/mol. The number of anilines is 2. The van der Waals surface area contributed by atoms with Crippen LogP contribution in [0, 0.1) is 11.5 Å². The lowest BCUT2D eigenvalue weighted by molar-refractivity contribution is 0.830. The van der Waals surface area contributed by atoms with Crippen molar-refractivity contribution in [3.63, 3.8) is 0 Å². The lowest BCUT2D eigenvalue weighted by Gasteiger charge is -2.04. The van der Waals surface area contributed by atoms with Gasteiger partial charge in [0.2, 0.25) is 0 Å². The standard InChI is InChI=1S/C9H13N5/c1-2-3-4-11-8-5-9(12-6-10)14-7-13-8/h5,7H,2-4H2,1H3,(H2,11,12,13,14). The average molecular weight is 191 g/mol. The largest absolute Gasteiger partial charge is 0.370 e. The lowest BCUT2D eigenvalue weighted by Crippen LogP contribution is -2.04. The molecule has 5 heteroatoms. The zero-order valence-corrected chi connectivity index (χ0v) is 8.12. The van der Waals surface area contributed by atoms with Gasteiger partial charge in [0, 0.05) is 12.6 Å². The van der Waals surface area contributed by atoms with Crippen molar-refractivity contribution < 1.29 is 0 Å². The normalized spacial score (nSPS) is 9.14.